The lowest BCUT2D eigenvalue weighted by molar-refractivity contribution is -0.131. The quantitative estimate of drug-likeness (QED) is 0.792. The maximum Gasteiger partial charge on any atom is 0.224 e. The summed E-state index contributed by atoms with van der Waals surface area (Å²) in [4.78, 5) is 16.7. The minimum absolute atomic E-state index is 0.259. The number of likely N-dealkylation sites (tertiary alicyclic amines) is 2. The van der Waals surface area contributed by atoms with Crippen LogP contribution in [0.4, 0.5) is 0 Å². The maximum absolute atomic E-state index is 12.2. The van der Waals surface area contributed by atoms with Gasteiger partial charge >= 0.3 is 0 Å². The molecule has 0 aromatic carbocycles. The molecule has 0 bridgehead atoms. The van der Waals surface area contributed by atoms with Crippen molar-refractivity contribution in [3.63, 3.8) is 0 Å². The van der Waals surface area contributed by atoms with Gasteiger partial charge in [-0.2, -0.15) is 0 Å². The molecule has 2 heterocycles. The Labute approximate surface area is 117 Å². The summed E-state index contributed by atoms with van der Waals surface area (Å²) >= 11 is 0. The van der Waals surface area contributed by atoms with E-state index >= 15 is 0 Å². The fourth-order valence-corrected chi connectivity index (χ4v) is 3.50. The Morgan fingerprint density at radius 1 is 1.32 bits per heavy atom. The van der Waals surface area contributed by atoms with Crippen molar-refractivity contribution in [3.8, 4) is 0 Å². The van der Waals surface area contributed by atoms with Gasteiger partial charge in [-0.1, -0.05) is 13.3 Å². The molecule has 4 nitrogen and oxygen atoms in total. The van der Waals surface area contributed by atoms with Crippen LogP contribution in [0.25, 0.3) is 0 Å². The van der Waals surface area contributed by atoms with Crippen molar-refractivity contribution in [2.45, 2.75) is 51.5 Å². The van der Waals surface area contributed by atoms with Crippen LogP contribution in [0.3, 0.4) is 0 Å². The molecule has 2 aliphatic heterocycles. The summed E-state index contributed by atoms with van der Waals surface area (Å²) in [5, 5.41) is 0. The third-order valence-electron chi connectivity index (χ3n) is 4.67. The third kappa shape index (κ3) is 3.93. The summed E-state index contributed by atoms with van der Waals surface area (Å²) in [6.45, 7) is 7.03. The van der Waals surface area contributed by atoms with Crippen LogP contribution in [0.2, 0.25) is 0 Å². The minimum Gasteiger partial charge on any atom is -0.343 e. The molecule has 0 radical (unpaired) electrons. The number of carbonyl (C=O) groups excluding carboxylic acids is 1. The monoisotopic (exact) mass is 267 g/mol. The SMILES string of the molecule is CCCC1CCN(C(CN)CC(=O)N2CCCC2)C1. The molecule has 2 atom stereocenters. The van der Waals surface area contributed by atoms with Crippen molar-refractivity contribution in [2.24, 2.45) is 11.7 Å². The fourth-order valence-electron chi connectivity index (χ4n) is 3.50. The summed E-state index contributed by atoms with van der Waals surface area (Å²) in [6.07, 6.45) is 6.81. The first kappa shape index (κ1) is 14.8. The van der Waals surface area contributed by atoms with Gasteiger partial charge in [0.2, 0.25) is 5.91 Å². The van der Waals surface area contributed by atoms with Crippen LogP contribution in [0.15, 0.2) is 0 Å². The van der Waals surface area contributed by atoms with Crippen LogP contribution >= 0.6 is 0 Å². The van der Waals surface area contributed by atoms with E-state index in [2.05, 4.69) is 11.8 Å². The molecule has 0 aromatic rings. The first-order chi connectivity index (χ1) is 9.24. The molecular formula is C15H29N3O. The molecule has 2 N–H and O–H groups in total. The number of amides is 1. The number of nitrogens with zero attached hydrogens (tertiary/aromatic N) is 2. The summed E-state index contributed by atoms with van der Waals surface area (Å²) in [6, 6.07) is 0.259. The normalized spacial score (nSPS) is 26.0. The topological polar surface area (TPSA) is 49.6 Å². The van der Waals surface area contributed by atoms with Crippen LogP contribution in [0.5, 0.6) is 0 Å². The number of rotatable bonds is 6. The first-order valence-electron chi connectivity index (χ1n) is 7.96. The second-order valence-electron chi connectivity index (χ2n) is 6.12. The third-order valence-corrected chi connectivity index (χ3v) is 4.67. The highest BCUT2D eigenvalue weighted by atomic mass is 16.2. The van der Waals surface area contributed by atoms with Gasteiger partial charge in [-0.05, 0) is 38.1 Å². The van der Waals surface area contributed by atoms with E-state index in [0.717, 1.165) is 32.1 Å². The van der Waals surface area contributed by atoms with Crippen LogP contribution in [-0.4, -0.2) is 54.5 Å². The van der Waals surface area contributed by atoms with Crippen molar-refractivity contribution in [1.82, 2.24) is 9.80 Å². The lowest BCUT2D eigenvalue weighted by atomic mass is 10.0. The number of nitrogens with two attached hydrogens (primary N) is 1. The highest BCUT2D eigenvalue weighted by molar-refractivity contribution is 5.77. The van der Waals surface area contributed by atoms with Gasteiger partial charge in [0, 0.05) is 38.6 Å². The Kier molecular flexibility index (Phi) is 5.64. The van der Waals surface area contributed by atoms with E-state index in [9.17, 15) is 4.79 Å². The maximum atomic E-state index is 12.2. The molecule has 0 aromatic heterocycles. The Hall–Kier alpha value is -0.610. The Morgan fingerprint density at radius 2 is 2.05 bits per heavy atom. The van der Waals surface area contributed by atoms with E-state index in [-0.39, 0.29) is 6.04 Å². The van der Waals surface area contributed by atoms with E-state index in [0.29, 0.717) is 18.9 Å². The van der Waals surface area contributed by atoms with Gasteiger partial charge < -0.3 is 10.6 Å². The molecule has 0 saturated carbocycles. The van der Waals surface area contributed by atoms with Crippen molar-refractivity contribution in [2.75, 3.05) is 32.7 Å². The van der Waals surface area contributed by atoms with Crippen molar-refractivity contribution in [1.29, 1.82) is 0 Å². The molecule has 2 aliphatic rings. The highest BCUT2D eigenvalue weighted by Gasteiger charge is 2.29. The Morgan fingerprint density at radius 3 is 2.68 bits per heavy atom. The van der Waals surface area contributed by atoms with Gasteiger partial charge in [-0.3, -0.25) is 9.69 Å². The Balaban J connectivity index is 1.81. The van der Waals surface area contributed by atoms with Gasteiger partial charge in [0.1, 0.15) is 0 Å². The van der Waals surface area contributed by atoms with Gasteiger partial charge in [-0.25, -0.2) is 0 Å². The largest absolute Gasteiger partial charge is 0.343 e. The van der Waals surface area contributed by atoms with Gasteiger partial charge in [0.05, 0.1) is 0 Å². The predicted molar refractivity (Wildman–Crippen MR) is 77.9 cm³/mol. The zero-order valence-electron chi connectivity index (χ0n) is 12.3. The molecule has 2 rings (SSSR count). The molecule has 19 heavy (non-hydrogen) atoms. The Bertz CT molecular complexity index is 289. The van der Waals surface area contributed by atoms with Crippen LogP contribution in [-0.2, 0) is 4.79 Å². The fraction of sp³-hybridized carbons (Fsp3) is 0.933. The average Bonchev–Trinajstić information content (AvgIpc) is 3.07. The van der Waals surface area contributed by atoms with Crippen LogP contribution < -0.4 is 5.73 Å². The lowest BCUT2D eigenvalue weighted by Crippen LogP contribution is -2.43. The molecule has 1 amide bonds. The van der Waals surface area contributed by atoms with Gasteiger partial charge in [0.15, 0.2) is 0 Å². The van der Waals surface area contributed by atoms with E-state index < -0.39 is 0 Å². The van der Waals surface area contributed by atoms with E-state index in [1.807, 2.05) is 4.90 Å². The molecule has 2 unspecified atom stereocenters. The zero-order valence-corrected chi connectivity index (χ0v) is 12.3. The predicted octanol–water partition coefficient (Wildman–Crippen LogP) is 1.45. The molecule has 4 heteroatoms. The number of carbonyl (C=O) groups is 1. The van der Waals surface area contributed by atoms with Gasteiger partial charge in [-0.15, -0.1) is 0 Å². The van der Waals surface area contributed by atoms with Crippen LogP contribution in [0, 0.1) is 5.92 Å². The van der Waals surface area contributed by atoms with E-state index in [1.54, 1.807) is 0 Å². The molecule has 2 saturated heterocycles. The van der Waals surface area contributed by atoms with Crippen molar-refractivity contribution >= 4 is 5.91 Å². The smallest absolute Gasteiger partial charge is 0.224 e. The molecule has 2 fully saturated rings. The average molecular weight is 267 g/mol. The highest BCUT2D eigenvalue weighted by Crippen LogP contribution is 2.24. The van der Waals surface area contributed by atoms with Crippen LogP contribution in [0.1, 0.15) is 45.4 Å². The molecule has 0 spiro atoms. The molecule has 110 valence electrons. The van der Waals surface area contributed by atoms with E-state index in [1.165, 1.54) is 32.1 Å². The molecular weight excluding hydrogens is 238 g/mol. The van der Waals surface area contributed by atoms with Gasteiger partial charge in [0.25, 0.3) is 0 Å². The van der Waals surface area contributed by atoms with Crippen molar-refractivity contribution < 1.29 is 4.79 Å². The summed E-state index contributed by atoms with van der Waals surface area (Å²) in [5.41, 5.74) is 5.91. The second-order valence-corrected chi connectivity index (χ2v) is 6.12. The summed E-state index contributed by atoms with van der Waals surface area (Å²) in [7, 11) is 0. The second kappa shape index (κ2) is 7.25. The zero-order chi connectivity index (χ0) is 13.7. The number of hydrogen-bond acceptors (Lipinski definition) is 3. The summed E-state index contributed by atoms with van der Waals surface area (Å²) < 4.78 is 0. The lowest BCUT2D eigenvalue weighted by Gasteiger charge is -2.28. The minimum atomic E-state index is 0.259. The standard InChI is InChI=1S/C15H29N3O/c1-2-5-13-6-9-18(12-13)14(11-16)10-15(19)17-7-3-4-8-17/h13-14H,2-12,16H2,1H3. The molecule has 0 aliphatic carbocycles. The van der Waals surface area contributed by atoms with Crippen molar-refractivity contribution in [3.05, 3.63) is 0 Å². The number of hydrogen-bond donors (Lipinski definition) is 1. The first-order valence-corrected chi connectivity index (χ1v) is 7.96. The van der Waals surface area contributed by atoms with E-state index in [4.69, 9.17) is 5.73 Å². The summed E-state index contributed by atoms with van der Waals surface area (Å²) in [5.74, 6) is 1.13.